The molecule has 0 aliphatic carbocycles. The molecule has 2 saturated heterocycles. The van der Waals surface area contributed by atoms with Gasteiger partial charge in [-0.15, -0.1) is 0 Å². The summed E-state index contributed by atoms with van der Waals surface area (Å²) in [5.74, 6) is 1.40. The molecule has 16 nitrogen and oxygen atoms in total. The van der Waals surface area contributed by atoms with Crippen molar-refractivity contribution >= 4 is 35.0 Å². The van der Waals surface area contributed by atoms with Crippen LogP contribution in [-0.4, -0.2) is 91.0 Å². The predicted octanol–water partition coefficient (Wildman–Crippen LogP) is 5.80. The zero-order valence-electron chi connectivity index (χ0n) is 37.0. The molecule has 2 fully saturated rings. The van der Waals surface area contributed by atoms with E-state index in [0.29, 0.717) is 107 Å². The van der Waals surface area contributed by atoms with Crippen molar-refractivity contribution in [1.29, 1.82) is 0 Å². The summed E-state index contributed by atoms with van der Waals surface area (Å²) in [6.45, 7) is 8.06. The van der Waals surface area contributed by atoms with Crippen LogP contribution in [0.3, 0.4) is 0 Å². The maximum atomic E-state index is 14.6. The molecular weight excluding hydrogens is 843 g/mol. The van der Waals surface area contributed by atoms with Crippen LogP contribution in [0.4, 0.5) is 31.9 Å². The highest BCUT2D eigenvalue weighted by molar-refractivity contribution is 5.77. The van der Waals surface area contributed by atoms with Crippen LogP contribution in [0.25, 0.3) is 23.0 Å². The van der Waals surface area contributed by atoms with E-state index in [0.717, 1.165) is 39.6 Å². The number of carbonyl (C=O) groups is 2. The lowest BCUT2D eigenvalue weighted by Crippen LogP contribution is -2.39. The van der Waals surface area contributed by atoms with E-state index >= 15 is 0 Å². The van der Waals surface area contributed by atoms with Crippen molar-refractivity contribution in [3.8, 4) is 23.0 Å². The third-order valence-corrected chi connectivity index (χ3v) is 13.2. The molecular formula is C48H52F2N14O2. The van der Waals surface area contributed by atoms with Gasteiger partial charge >= 0.3 is 0 Å². The second-order valence-electron chi connectivity index (χ2n) is 17.2. The van der Waals surface area contributed by atoms with E-state index in [1.54, 1.807) is 12.4 Å². The number of amides is 2. The molecule has 0 aromatic carbocycles. The van der Waals surface area contributed by atoms with E-state index in [1.807, 2.05) is 59.8 Å². The molecule has 0 spiro atoms. The van der Waals surface area contributed by atoms with Crippen molar-refractivity contribution < 1.29 is 18.4 Å². The minimum Gasteiger partial charge on any atom is -0.371 e. The van der Waals surface area contributed by atoms with Gasteiger partial charge in [0.05, 0.1) is 23.5 Å². The molecule has 2 amide bonds. The fourth-order valence-electron chi connectivity index (χ4n) is 9.38. The number of rotatable bonds is 8. The number of anilines is 4. The zero-order chi connectivity index (χ0) is 45.9. The van der Waals surface area contributed by atoms with E-state index in [1.165, 1.54) is 18.2 Å². The topological polar surface area (TPSA) is 202 Å². The fraction of sp³-hybridized carbons (Fsp3) is 0.375. The Hall–Kier alpha value is -7.24. The molecule has 18 heteroatoms. The number of aromatic nitrogens is 8. The van der Waals surface area contributed by atoms with Crippen molar-refractivity contribution in [1.82, 2.24) is 39.9 Å². The highest BCUT2D eigenvalue weighted by Gasteiger charge is 2.31. The first-order valence-electron chi connectivity index (χ1n) is 22.5. The average Bonchev–Trinajstić information content (AvgIpc) is 3.34. The Morgan fingerprint density at radius 3 is 1.55 bits per heavy atom. The van der Waals surface area contributed by atoms with E-state index in [9.17, 15) is 18.4 Å². The minimum absolute atomic E-state index is 0.0470. The van der Waals surface area contributed by atoms with Crippen molar-refractivity contribution in [2.24, 2.45) is 23.3 Å². The molecule has 0 saturated carbocycles. The Kier molecular flexibility index (Phi) is 12.7. The lowest BCUT2D eigenvalue weighted by molar-refractivity contribution is -0.123. The van der Waals surface area contributed by atoms with Gasteiger partial charge in [-0.3, -0.25) is 19.6 Å². The predicted molar refractivity (Wildman–Crippen MR) is 246 cm³/mol. The highest BCUT2D eigenvalue weighted by atomic mass is 19.1. The smallest absolute Gasteiger partial charge is 0.220 e. The van der Waals surface area contributed by atoms with Crippen LogP contribution in [0.2, 0.25) is 0 Å². The van der Waals surface area contributed by atoms with Crippen LogP contribution in [0.5, 0.6) is 0 Å². The summed E-state index contributed by atoms with van der Waals surface area (Å²) in [6.07, 6.45) is 11.2. The lowest BCUT2D eigenvalue weighted by atomic mass is 9.96. The molecule has 0 radical (unpaired) electrons. The normalized spacial score (nSPS) is 18.8. The summed E-state index contributed by atoms with van der Waals surface area (Å²) < 4.78 is 29.1. The molecule has 10 rings (SSSR count). The van der Waals surface area contributed by atoms with Crippen molar-refractivity contribution in [3.05, 3.63) is 120 Å². The Morgan fingerprint density at radius 2 is 1.06 bits per heavy atom. The standard InChI is InChI=1S/2C24H26FN7O/c1-15-18-14-28-24(20-4-2-3-8-27-20)29-19(18)7-11-32(15)22-13-17(12-21(25)30-22)31-9-5-16(6-10-31)23(26)33;1-15-18-14-28-24(20-4-2-3-8-27-20)29-19(18)7-11-32(15)22-13-17(25)12-21(30-22)31-9-5-16(6-10-31)23(26)33/h2*2-4,8,12-16H,5-7,9-11H2,1H3,(H2,26,33). The number of halogens is 2. The molecule has 0 bridgehead atoms. The average molecular weight is 895 g/mol. The van der Waals surface area contributed by atoms with Crippen LogP contribution in [0.1, 0.15) is 74.1 Å². The fourth-order valence-corrected chi connectivity index (χ4v) is 9.38. The first-order chi connectivity index (χ1) is 32.0. The number of hydrogen-bond acceptors (Lipinski definition) is 14. The Balaban J connectivity index is 0.000000166. The van der Waals surface area contributed by atoms with Gasteiger partial charge in [0.1, 0.15) is 34.7 Å². The van der Waals surface area contributed by atoms with Gasteiger partial charge in [-0.25, -0.2) is 34.3 Å². The number of hydrogen-bond donors (Lipinski definition) is 2. The number of nitrogens with two attached hydrogens (primary N) is 2. The van der Waals surface area contributed by atoms with Gasteiger partial charge in [-0.05, 0) is 63.8 Å². The molecule has 2 unspecified atom stereocenters. The highest BCUT2D eigenvalue weighted by Crippen LogP contribution is 2.36. The number of fused-ring (bicyclic) bond motifs is 2. The third kappa shape index (κ3) is 9.44. The molecule has 340 valence electrons. The van der Waals surface area contributed by atoms with Crippen LogP contribution >= 0.6 is 0 Å². The number of pyridine rings is 4. The molecule has 4 N–H and O–H groups in total. The largest absolute Gasteiger partial charge is 0.371 e. The van der Waals surface area contributed by atoms with Crippen molar-refractivity contribution in [2.75, 3.05) is 58.9 Å². The molecule has 6 aromatic heterocycles. The van der Waals surface area contributed by atoms with E-state index in [-0.39, 0.29) is 41.6 Å². The van der Waals surface area contributed by atoms with Gasteiger partial charge in [0.15, 0.2) is 11.6 Å². The number of nitrogens with zero attached hydrogens (tertiary/aromatic N) is 12. The SMILES string of the molecule is CC1c2cnc(-c3ccccn3)nc2CCN1c1cc(F)cc(N2CCC(C(N)=O)CC2)n1.CC1c2cnc(-c3ccccn3)nc2CCN1c1cc(N2CCC(C(N)=O)CC2)cc(F)n1. The number of carbonyl (C=O) groups excluding carboxylic acids is 2. The molecule has 66 heavy (non-hydrogen) atoms. The summed E-state index contributed by atoms with van der Waals surface area (Å²) in [4.78, 5) is 67.4. The molecule has 10 heterocycles. The number of primary amides is 2. The van der Waals surface area contributed by atoms with Crippen LogP contribution in [0.15, 0.2) is 85.5 Å². The van der Waals surface area contributed by atoms with Crippen molar-refractivity contribution in [3.63, 3.8) is 0 Å². The van der Waals surface area contributed by atoms with Crippen LogP contribution < -0.4 is 31.1 Å². The van der Waals surface area contributed by atoms with E-state index < -0.39 is 5.95 Å². The lowest BCUT2D eigenvalue weighted by Gasteiger charge is -2.37. The first-order valence-corrected chi connectivity index (χ1v) is 22.5. The van der Waals surface area contributed by atoms with E-state index in [2.05, 4.69) is 53.5 Å². The maximum absolute atomic E-state index is 14.6. The summed E-state index contributed by atoms with van der Waals surface area (Å²) in [6, 6.07) is 17.6. The van der Waals surface area contributed by atoms with Gasteiger partial charge in [-0.1, -0.05) is 12.1 Å². The number of piperidine rings is 2. The summed E-state index contributed by atoms with van der Waals surface area (Å²) in [5.41, 5.74) is 17.1. The van der Waals surface area contributed by atoms with Crippen LogP contribution in [0, 0.1) is 23.6 Å². The Labute approximate surface area is 381 Å². The third-order valence-electron chi connectivity index (χ3n) is 13.2. The summed E-state index contributed by atoms with van der Waals surface area (Å²) >= 11 is 0. The second-order valence-corrected chi connectivity index (χ2v) is 17.2. The maximum Gasteiger partial charge on any atom is 0.220 e. The van der Waals surface area contributed by atoms with Gasteiger partial charge in [0.25, 0.3) is 0 Å². The second kappa shape index (κ2) is 19.1. The van der Waals surface area contributed by atoms with Gasteiger partial charge in [0, 0.05) is 130 Å². The molecule has 4 aliphatic heterocycles. The first kappa shape index (κ1) is 44.0. The van der Waals surface area contributed by atoms with E-state index in [4.69, 9.17) is 26.4 Å². The zero-order valence-corrected chi connectivity index (χ0v) is 37.0. The minimum atomic E-state index is -0.515. The van der Waals surface area contributed by atoms with Gasteiger partial charge in [0.2, 0.25) is 17.8 Å². The van der Waals surface area contributed by atoms with Gasteiger partial charge in [-0.2, -0.15) is 4.39 Å². The quantitative estimate of drug-likeness (QED) is 0.174. The van der Waals surface area contributed by atoms with Crippen LogP contribution in [-0.2, 0) is 22.4 Å². The Bertz CT molecular complexity index is 2510. The molecule has 6 aromatic rings. The molecule has 4 aliphatic rings. The van der Waals surface area contributed by atoms with Gasteiger partial charge < -0.3 is 31.1 Å². The summed E-state index contributed by atoms with van der Waals surface area (Å²) in [5, 5.41) is 0. The van der Waals surface area contributed by atoms with Crippen molar-refractivity contribution in [2.45, 2.75) is 64.5 Å². The Morgan fingerprint density at radius 1 is 0.576 bits per heavy atom. The monoisotopic (exact) mass is 894 g/mol. The summed E-state index contributed by atoms with van der Waals surface area (Å²) in [7, 11) is 0. The molecule has 2 atom stereocenters.